The van der Waals surface area contributed by atoms with Crippen molar-refractivity contribution in [2.45, 2.75) is 13.5 Å². The van der Waals surface area contributed by atoms with Gasteiger partial charge >= 0.3 is 4.87 Å². The highest BCUT2D eigenvalue weighted by Crippen LogP contribution is 2.43. The smallest absolute Gasteiger partial charge is 0.300 e. The Morgan fingerprint density at radius 2 is 1.70 bits per heavy atom. The molecule has 0 aliphatic rings. The molecule has 0 saturated heterocycles. The van der Waals surface area contributed by atoms with Gasteiger partial charge in [0, 0.05) is 27.2 Å². The standard InChI is InChI=1S/C21H15Cl2N3O2S2/c1-12-11-29-21(28)26(12)10-17(27)24-20-25-18(13-6-2-4-8-15(13)22)19(30-20)14-7-3-5-9-16(14)23/h2-9,11H,10H2,1H3,(H,24,25,27). The maximum Gasteiger partial charge on any atom is 0.307 e. The molecule has 0 bridgehead atoms. The second-order valence-corrected chi connectivity index (χ2v) is 9.07. The fraction of sp³-hybridized carbons (Fsp3) is 0.0952. The molecule has 1 amide bonds. The second kappa shape index (κ2) is 8.73. The number of hydrogen-bond donors (Lipinski definition) is 1. The molecule has 9 heteroatoms. The van der Waals surface area contributed by atoms with Crippen molar-refractivity contribution < 1.29 is 4.79 Å². The molecule has 0 aliphatic heterocycles. The molecule has 4 rings (SSSR count). The molecule has 0 radical (unpaired) electrons. The monoisotopic (exact) mass is 475 g/mol. The molecule has 0 fully saturated rings. The minimum Gasteiger partial charge on any atom is -0.300 e. The molecule has 4 aromatic rings. The van der Waals surface area contributed by atoms with Crippen LogP contribution in [-0.2, 0) is 11.3 Å². The minimum absolute atomic E-state index is 0.0728. The fourth-order valence-electron chi connectivity index (χ4n) is 2.94. The lowest BCUT2D eigenvalue weighted by Crippen LogP contribution is -2.25. The maximum atomic E-state index is 12.6. The highest BCUT2D eigenvalue weighted by atomic mass is 35.5. The van der Waals surface area contributed by atoms with E-state index in [1.54, 1.807) is 24.4 Å². The van der Waals surface area contributed by atoms with Gasteiger partial charge in [0.15, 0.2) is 5.13 Å². The van der Waals surface area contributed by atoms with Gasteiger partial charge in [0.05, 0.1) is 15.6 Å². The van der Waals surface area contributed by atoms with Crippen molar-refractivity contribution in [3.05, 3.63) is 79.3 Å². The molecule has 2 heterocycles. The molecule has 0 saturated carbocycles. The predicted octanol–water partition coefficient (Wildman–Crippen LogP) is 5.95. The van der Waals surface area contributed by atoms with Crippen LogP contribution in [0.2, 0.25) is 10.0 Å². The molecule has 0 spiro atoms. The average molecular weight is 476 g/mol. The molecule has 30 heavy (non-hydrogen) atoms. The largest absolute Gasteiger partial charge is 0.307 e. The average Bonchev–Trinajstić information content (AvgIpc) is 3.27. The number of aryl methyl sites for hydroxylation is 1. The van der Waals surface area contributed by atoms with E-state index in [2.05, 4.69) is 10.3 Å². The molecular formula is C21H15Cl2N3O2S2. The number of anilines is 1. The summed E-state index contributed by atoms with van der Waals surface area (Å²) in [5, 5.41) is 6.06. The Morgan fingerprint density at radius 1 is 1.07 bits per heavy atom. The van der Waals surface area contributed by atoms with Crippen molar-refractivity contribution >= 4 is 56.9 Å². The first-order chi connectivity index (χ1) is 14.4. The Kier molecular flexibility index (Phi) is 6.06. The molecule has 0 aliphatic carbocycles. The number of rotatable bonds is 5. The van der Waals surface area contributed by atoms with Gasteiger partial charge in [-0.3, -0.25) is 14.2 Å². The number of hydrogen-bond acceptors (Lipinski definition) is 5. The van der Waals surface area contributed by atoms with Crippen molar-refractivity contribution in [2.24, 2.45) is 0 Å². The van der Waals surface area contributed by atoms with Crippen molar-refractivity contribution in [1.82, 2.24) is 9.55 Å². The minimum atomic E-state index is -0.330. The topological polar surface area (TPSA) is 64.0 Å². The van der Waals surface area contributed by atoms with Crippen LogP contribution in [0.5, 0.6) is 0 Å². The van der Waals surface area contributed by atoms with E-state index in [0.717, 1.165) is 33.0 Å². The predicted molar refractivity (Wildman–Crippen MR) is 125 cm³/mol. The van der Waals surface area contributed by atoms with Gasteiger partial charge in [-0.25, -0.2) is 4.98 Å². The van der Waals surface area contributed by atoms with E-state index in [1.165, 1.54) is 15.9 Å². The number of carbonyl (C=O) groups is 1. The van der Waals surface area contributed by atoms with Crippen LogP contribution in [0, 0.1) is 6.92 Å². The SMILES string of the molecule is Cc1csc(=O)n1CC(=O)Nc1nc(-c2ccccc2Cl)c(-c2ccccc2Cl)s1. The lowest BCUT2D eigenvalue weighted by molar-refractivity contribution is -0.116. The van der Waals surface area contributed by atoms with E-state index in [0.29, 0.717) is 20.9 Å². The van der Waals surface area contributed by atoms with Gasteiger partial charge in [-0.15, -0.1) is 0 Å². The van der Waals surface area contributed by atoms with Crippen LogP contribution < -0.4 is 10.2 Å². The first-order valence-corrected chi connectivity index (χ1v) is 11.3. The number of aromatic nitrogens is 2. The van der Waals surface area contributed by atoms with Crippen LogP contribution in [0.15, 0.2) is 58.7 Å². The summed E-state index contributed by atoms with van der Waals surface area (Å²) in [5.41, 5.74) is 2.93. The zero-order valence-electron chi connectivity index (χ0n) is 15.7. The number of benzene rings is 2. The number of carbonyl (C=O) groups excluding carboxylic acids is 1. The normalized spacial score (nSPS) is 10.9. The van der Waals surface area contributed by atoms with Gasteiger partial charge in [-0.05, 0) is 19.1 Å². The molecule has 5 nitrogen and oxygen atoms in total. The number of nitrogens with one attached hydrogen (secondary N) is 1. The summed E-state index contributed by atoms with van der Waals surface area (Å²) in [6.45, 7) is 1.72. The summed E-state index contributed by atoms with van der Waals surface area (Å²) in [6, 6.07) is 14.8. The maximum absolute atomic E-state index is 12.6. The van der Waals surface area contributed by atoms with E-state index < -0.39 is 0 Å². The fourth-order valence-corrected chi connectivity index (χ4v) is 5.22. The Morgan fingerprint density at radius 3 is 2.30 bits per heavy atom. The van der Waals surface area contributed by atoms with Crippen LogP contribution in [0.1, 0.15) is 5.69 Å². The highest BCUT2D eigenvalue weighted by molar-refractivity contribution is 7.19. The van der Waals surface area contributed by atoms with E-state index >= 15 is 0 Å². The van der Waals surface area contributed by atoms with Crippen LogP contribution >= 0.6 is 45.9 Å². The third-order valence-corrected chi connectivity index (χ3v) is 6.94. The number of nitrogens with zero attached hydrogens (tertiary/aromatic N) is 2. The van der Waals surface area contributed by atoms with Gasteiger partial charge in [0.1, 0.15) is 6.54 Å². The van der Waals surface area contributed by atoms with Crippen molar-refractivity contribution in [3.63, 3.8) is 0 Å². The Hall–Kier alpha value is -2.45. The van der Waals surface area contributed by atoms with Crippen LogP contribution in [0.4, 0.5) is 5.13 Å². The van der Waals surface area contributed by atoms with E-state index in [-0.39, 0.29) is 17.3 Å². The van der Waals surface area contributed by atoms with E-state index in [1.807, 2.05) is 36.4 Å². The zero-order chi connectivity index (χ0) is 21.3. The van der Waals surface area contributed by atoms with Crippen LogP contribution in [0.3, 0.4) is 0 Å². The molecule has 1 N–H and O–H groups in total. The molecule has 0 atom stereocenters. The number of amides is 1. The summed E-state index contributed by atoms with van der Waals surface area (Å²) in [5.74, 6) is -0.330. The quantitative estimate of drug-likeness (QED) is 0.387. The zero-order valence-corrected chi connectivity index (χ0v) is 18.8. The second-order valence-electron chi connectivity index (χ2n) is 6.43. The Labute approximate surface area is 190 Å². The van der Waals surface area contributed by atoms with Crippen LogP contribution in [0.25, 0.3) is 21.7 Å². The summed E-state index contributed by atoms with van der Waals surface area (Å²) in [7, 11) is 0. The van der Waals surface area contributed by atoms with Crippen molar-refractivity contribution in [3.8, 4) is 21.7 Å². The number of halogens is 2. The molecule has 0 unspecified atom stereocenters. The molecule has 2 aromatic carbocycles. The lowest BCUT2D eigenvalue weighted by atomic mass is 10.1. The molecular weight excluding hydrogens is 461 g/mol. The third kappa shape index (κ3) is 4.20. The Bertz CT molecular complexity index is 1230. The van der Waals surface area contributed by atoms with Gasteiger partial charge in [0.2, 0.25) is 5.91 Å². The third-order valence-electron chi connectivity index (χ3n) is 4.40. The summed E-state index contributed by atoms with van der Waals surface area (Å²) in [4.78, 5) is 29.7. The summed E-state index contributed by atoms with van der Waals surface area (Å²) >= 11 is 15.2. The van der Waals surface area contributed by atoms with E-state index in [9.17, 15) is 9.59 Å². The van der Waals surface area contributed by atoms with Gasteiger partial charge in [-0.1, -0.05) is 82.3 Å². The van der Waals surface area contributed by atoms with E-state index in [4.69, 9.17) is 23.2 Å². The summed E-state index contributed by atoms with van der Waals surface area (Å²) < 4.78 is 1.43. The molecule has 2 aromatic heterocycles. The Balaban J connectivity index is 1.72. The highest BCUT2D eigenvalue weighted by Gasteiger charge is 2.20. The summed E-state index contributed by atoms with van der Waals surface area (Å²) in [6.07, 6.45) is 0. The van der Waals surface area contributed by atoms with Crippen molar-refractivity contribution in [2.75, 3.05) is 5.32 Å². The van der Waals surface area contributed by atoms with Crippen LogP contribution in [-0.4, -0.2) is 15.5 Å². The lowest BCUT2D eigenvalue weighted by Gasteiger charge is -2.06. The van der Waals surface area contributed by atoms with Gasteiger partial charge in [0.25, 0.3) is 0 Å². The first-order valence-electron chi connectivity index (χ1n) is 8.89. The first kappa shape index (κ1) is 20.8. The van der Waals surface area contributed by atoms with Gasteiger partial charge in [-0.2, -0.15) is 0 Å². The number of thiazole rings is 2. The van der Waals surface area contributed by atoms with Crippen molar-refractivity contribution in [1.29, 1.82) is 0 Å². The molecule has 152 valence electrons. The van der Waals surface area contributed by atoms with Gasteiger partial charge < -0.3 is 5.32 Å².